The second-order valence-corrected chi connectivity index (χ2v) is 9.87. The Morgan fingerprint density at radius 2 is 1.26 bits per heavy atom. The van der Waals surface area contributed by atoms with Gasteiger partial charge in [0, 0.05) is 23.9 Å². The number of alkyl halides is 5. The van der Waals surface area contributed by atoms with Gasteiger partial charge in [-0.15, -0.1) is 0 Å². The first-order valence-corrected chi connectivity index (χ1v) is 13.9. The zero-order valence-electron chi connectivity index (χ0n) is 24.4. The normalized spacial score (nSPS) is 11.7. The Labute approximate surface area is 260 Å². The van der Waals surface area contributed by atoms with Crippen LogP contribution in [0.5, 0.6) is 11.5 Å². The van der Waals surface area contributed by atoms with Crippen molar-refractivity contribution >= 4 is 35.4 Å². The van der Waals surface area contributed by atoms with Gasteiger partial charge in [0.25, 0.3) is 0 Å². The summed E-state index contributed by atoms with van der Waals surface area (Å²) in [5, 5.41) is 0. The lowest BCUT2D eigenvalue weighted by atomic mass is 10.2. The standard InChI is InChI=1S/C32H31F5N2O7/c33-31(34,32(35,36)37)14-3-17-43-26-11-7-22(8-12-26)30(42)46-27-9-4-21(5-10-27)6-13-28(40)44-15-1-2-16-45-29(41)23-18-24(38)20-25(39)19-23/h4-13,18-20H,1-3,14-17,38-39H2. The van der Waals surface area contributed by atoms with E-state index in [1.165, 1.54) is 66.7 Å². The minimum absolute atomic E-state index is 0.120. The Balaban J connectivity index is 1.33. The molecule has 0 aliphatic rings. The van der Waals surface area contributed by atoms with Crippen LogP contribution in [0.4, 0.5) is 33.3 Å². The topological polar surface area (TPSA) is 140 Å². The fourth-order valence-electron chi connectivity index (χ4n) is 3.76. The Morgan fingerprint density at radius 1 is 0.674 bits per heavy atom. The summed E-state index contributed by atoms with van der Waals surface area (Å²) in [7, 11) is 0. The summed E-state index contributed by atoms with van der Waals surface area (Å²) in [4.78, 5) is 36.4. The molecule has 3 aromatic carbocycles. The third-order valence-electron chi connectivity index (χ3n) is 6.14. The minimum Gasteiger partial charge on any atom is -0.494 e. The molecule has 3 aromatic rings. The van der Waals surface area contributed by atoms with E-state index in [1.54, 1.807) is 12.1 Å². The summed E-state index contributed by atoms with van der Waals surface area (Å²) >= 11 is 0. The number of nitrogen functional groups attached to an aromatic ring is 2. The number of esters is 3. The largest absolute Gasteiger partial charge is 0.494 e. The number of carbonyl (C=O) groups excluding carboxylic acids is 3. The number of nitrogens with two attached hydrogens (primary N) is 2. The van der Waals surface area contributed by atoms with Gasteiger partial charge in [0.15, 0.2) is 0 Å². The van der Waals surface area contributed by atoms with Crippen molar-refractivity contribution < 1.29 is 55.3 Å². The van der Waals surface area contributed by atoms with Gasteiger partial charge in [0.1, 0.15) is 11.5 Å². The molecule has 3 rings (SSSR count). The van der Waals surface area contributed by atoms with Gasteiger partial charge in [-0.05, 0) is 85.5 Å². The van der Waals surface area contributed by atoms with Gasteiger partial charge < -0.3 is 30.4 Å². The lowest BCUT2D eigenvalue weighted by Gasteiger charge is -2.19. The smallest absolute Gasteiger partial charge is 0.453 e. The molecule has 0 aromatic heterocycles. The van der Waals surface area contributed by atoms with E-state index in [4.69, 9.17) is 30.4 Å². The first-order chi connectivity index (χ1) is 21.7. The molecule has 0 unspecified atom stereocenters. The van der Waals surface area contributed by atoms with E-state index in [9.17, 15) is 36.3 Å². The Bertz CT molecular complexity index is 1490. The summed E-state index contributed by atoms with van der Waals surface area (Å²) in [5.41, 5.74) is 13.0. The molecule has 0 aliphatic heterocycles. The average molecular weight is 651 g/mol. The van der Waals surface area contributed by atoms with Crippen molar-refractivity contribution in [3.8, 4) is 11.5 Å². The van der Waals surface area contributed by atoms with Gasteiger partial charge in [0.05, 0.1) is 30.9 Å². The highest BCUT2D eigenvalue weighted by atomic mass is 19.4. The SMILES string of the molecule is Nc1cc(N)cc(C(=O)OCCCCOC(=O)C=Cc2ccc(OC(=O)c3ccc(OCCCC(F)(F)C(F)(F)F)cc3)cc2)c1. The zero-order chi connectivity index (χ0) is 33.7. The summed E-state index contributed by atoms with van der Waals surface area (Å²) in [6.07, 6.45) is -3.85. The second-order valence-electron chi connectivity index (χ2n) is 9.87. The predicted octanol–water partition coefficient (Wildman–Crippen LogP) is 6.62. The number of carbonyl (C=O) groups is 3. The van der Waals surface area contributed by atoms with Crippen LogP contribution in [-0.2, 0) is 14.3 Å². The second kappa shape index (κ2) is 16.3. The third-order valence-corrected chi connectivity index (χ3v) is 6.14. The van der Waals surface area contributed by atoms with Gasteiger partial charge >= 0.3 is 30.0 Å². The van der Waals surface area contributed by atoms with E-state index in [0.29, 0.717) is 29.8 Å². The van der Waals surface area contributed by atoms with Crippen LogP contribution < -0.4 is 20.9 Å². The Morgan fingerprint density at radius 3 is 1.87 bits per heavy atom. The van der Waals surface area contributed by atoms with Crippen molar-refractivity contribution in [1.29, 1.82) is 0 Å². The summed E-state index contributed by atoms with van der Waals surface area (Å²) in [5.74, 6) is -6.22. The molecule has 0 saturated carbocycles. The minimum atomic E-state index is -5.61. The summed E-state index contributed by atoms with van der Waals surface area (Å²) in [6.45, 7) is -0.120. The molecular weight excluding hydrogens is 619 g/mol. The van der Waals surface area contributed by atoms with Crippen molar-refractivity contribution in [1.82, 2.24) is 0 Å². The monoisotopic (exact) mass is 650 g/mol. The number of unbranched alkanes of at least 4 members (excludes halogenated alkanes) is 1. The lowest BCUT2D eigenvalue weighted by molar-refractivity contribution is -0.284. The summed E-state index contributed by atoms with van der Waals surface area (Å²) < 4.78 is 83.2. The molecular formula is C32H31F5N2O7. The lowest BCUT2D eigenvalue weighted by Crippen LogP contribution is -2.36. The maximum absolute atomic E-state index is 12.9. The van der Waals surface area contributed by atoms with Crippen LogP contribution in [0.25, 0.3) is 6.08 Å². The van der Waals surface area contributed by atoms with Crippen molar-refractivity contribution in [2.45, 2.75) is 37.8 Å². The summed E-state index contributed by atoms with van der Waals surface area (Å²) in [6, 6.07) is 16.1. The van der Waals surface area contributed by atoms with E-state index >= 15 is 0 Å². The van der Waals surface area contributed by atoms with E-state index in [1.807, 2.05) is 0 Å². The van der Waals surface area contributed by atoms with Gasteiger partial charge in [-0.25, -0.2) is 14.4 Å². The first kappa shape index (κ1) is 35.3. The molecule has 0 spiro atoms. The molecule has 0 bridgehead atoms. The molecule has 0 fully saturated rings. The Kier molecular flexibility index (Phi) is 12.5. The van der Waals surface area contributed by atoms with Crippen LogP contribution in [0.2, 0.25) is 0 Å². The van der Waals surface area contributed by atoms with Crippen molar-refractivity contribution in [3.63, 3.8) is 0 Å². The molecule has 0 saturated heterocycles. The number of anilines is 2. The molecule has 0 aliphatic carbocycles. The van der Waals surface area contributed by atoms with Crippen LogP contribution in [0.1, 0.15) is 52.0 Å². The highest BCUT2D eigenvalue weighted by molar-refractivity contribution is 5.92. The molecule has 0 radical (unpaired) electrons. The average Bonchev–Trinajstić information content (AvgIpc) is 2.99. The highest BCUT2D eigenvalue weighted by Gasteiger charge is 2.56. The number of hydrogen-bond donors (Lipinski definition) is 2. The Hall–Kier alpha value is -5.14. The molecule has 0 heterocycles. The molecule has 0 atom stereocenters. The maximum atomic E-state index is 12.9. The number of hydrogen-bond acceptors (Lipinski definition) is 9. The van der Waals surface area contributed by atoms with Crippen LogP contribution >= 0.6 is 0 Å². The van der Waals surface area contributed by atoms with Crippen molar-refractivity contribution in [3.05, 3.63) is 89.5 Å². The van der Waals surface area contributed by atoms with Crippen molar-refractivity contribution in [2.24, 2.45) is 0 Å². The van der Waals surface area contributed by atoms with Gasteiger partial charge in [-0.3, -0.25) is 0 Å². The predicted molar refractivity (Wildman–Crippen MR) is 158 cm³/mol. The van der Waals surface area contributed by atoms with Crippen LogP contribution in [-0.4, -0.2) is 49.8 Å². The number of benzene rings is 3. The van der Waals surface area contributed by atoms with Crippen LogP contribution in [0.15, 0.2) is 72.8 Å². The molecule has 14 heteroatoms. The molecule has 246 valence electrons. The number of halogens is 5. The van der Waals surface area contributed by atoms with Gasteiger partial charge in [0.2, 0.25) is 0 Å². The van der Waals surface area contributed by atoms with Gasteiger partial charge in [-0.2, -0.15) is 22.0 Å². The molecule has 46 heavy (non-hydrogen) atoms. The van der Waals surface area contributed by atoms with Crippen molar-refractivity contribution in [2.75, 3.05) is 31.3 Å². The quantitative estimate of drug-likeness (QED) is 0.0464. The fraction of sp³-hybridized carbons (Fsp3) is 0.281. The molecule has 4 N–H and O–H groups in total. The maximum Gasteiger partial charge on any atom is 0.453 e. The van der Waals surface area contributed by atoms with Crippen LogP contribution in [0.3, 0.4) is 0 Å². The van der Waals surface area contributed by atoms with E-state index in [0.717, 1.165) is 0 Å². The highest BCUT2D eigenvalue weighted by Crippen LogP contribution is 2.38. The van der Waals surface area contributed by atoms with E-state index < -0.39 is 42.8 Å². The van der Waals surface area contributed by atoms with E-state index in [2.05, 4.69) is 0 Å². The number of rotatable bonds is 15. The first-order valence-electron chi connectivity index (χ1n) is 13.9. The van der Waals surface area contributed by atoms with Crippen LogP contribution in [0, 0.1) is 0 Å². The van der Waals surface area contributed by atoms with E-state index in [-0.39, 0.29) is 42.4 Å². The number of ether oxygens (including phenoxy) is 4. The fourth-order valence-corrected chi connectivity index (χ4v) is 3.76. The molecule has 9 nitrogen and oxygen atoms in total. The molecule has 0 amide bonds. The van der Waals surface area contributed by atoms with Gasteiger partial charge in [-0.1, -0.05) is 12.1 Å². The third kappa shape index (κ3) is 11.4. The zero-order valence-corrected chi connectivity index (χ0v) is 24.4.